The molecule has 6 rings (SSSR count). The summed E-state index contributed by atoms with van der Waals surface area (Å²) >= 11 is 12.4. The molecule has 2 fully saturated rings. The van der Waals surface area contributed by atoms with Crippen molar-refractivity contribution in [1.82, 2.24) is 4.90 Å². The summed E-state index contributed by atoms with van der Waals surface area (Å²) in [6.45, 7) is 0. The quantitative estimate of drug-likeness (QED) is 0.502. The predicted octanol–water partition coefficient (Wildman–Crippen LogP) is 5.15. The lowest BCUT2D eigenvalue weighted by molar-refractivity contribution is -0.128. The number of anilines is 2. The van der Waals surface area contributed by atoms with Crippen molar-refractivity contribution >= 4 is 58.4 Å². The first-order valence-corrected chi connectivity index (χ1v) is 11.9. The fourth-order valence-electron chi connectivity index (χ4n) is 5.48. The fourth-order valence-corrected chi connectivity index (χ4v) is 5.82. The number of imide groups is 1. The Hall–Kier alpha value is -3.61. The second kappa shape index (κ2) is 8.26. The van der Waals surface area contributed by atoms with Crippen molar-refractivity contribution in [1.29, 1.82) is 0 Å². The van der Waals surface area contributed by atoms with Crippen LogP contribution in [0.5, 0.6) is 0 Å². The van der Waals surface area contributed by atoms with E-state index >= 15 is 0 Å². The van der Waals surface area contributed by atoms with Crippen molar-refractivity contribution in [2.24, 2.45) is 11.8 Å². The highest BCUT2D eigenvalue weighted by atomic mass is 35.5. The molecule has 0 spiro atoms. The molecule has 3 aromatic rings. The first kappa shape index (κ1) is 21.9. The maximum atomic E-state index is 13.8. The van der Waals surface area contributed by atoms with Crippen LogP contribution in [0.15, 0.2) is 79.0 Å². The lowest BCUT2D eigenvalue weighted by Crippen LogP contribution is -2.46. The number of benzene rings is 3. The minimum atomic E-state index is -0.880. The Kier molecular flexibility index (Phi) is 5.16. The van der Waals surface area contributed by atoms with Gasteiger partial charge in [-0.25, -0.2) is 4.90 Å². The highest BCUT2D eigenvalue weighted by Gasteiger charge is 2.64. The monoisotopic (exact) mass is 503 g/mol. The number of halogens is 2. The summed E-state index contributed by atoms with van der Waals surface area (Å²) in [4.78, 5) is 44.3. The van der Waals surface area contributed by atoms with Crippen molar-refractivity contribution in [2.45, 2.75) is 12.1 Å². The zero-order valence-electron chi connectivity index (χ0n) is 18.3. The third kappa shape index (κ3) is 3.36. The Labute approximate surface area is 211 Å². The maximum Gasteiger partial charge on any atom is 0.247 e. The normalized spacial score (nSPS) is 24.3. The van der Waals surface area contributed by atoms with Crippen LogP contribution in [0.1, 0.15) is 17.2 Å². The average Bonchev–Trinajstić information content (AvgIpc) is 3.34. The number of para-hydroxylation sites is 1. The number of hydrogen-bond acceptors (Lipinski definition) is 4. The molecule has 3 aliphatic heterocycles. The van der Waals surface area contributed by atoms with Crippen LogP contribution in [0.2, 0.25) is 10.0 Å². The van der Waals surface area contributed by atoms with Gasteiger partial charge in [-0.1, -0.05) is 59.6 Å². The Morgan fingerprint density at radius 3 is 2.29 bits per heavy atom. The van der Waals surface area contributed by atoms with Gasteiger partial charge in [0.25, 0.3) is 0 Å². The van der Waals surface area contributed by atoms with Gasteiger partial charge in [-0.2, -0.15) is 0 Å². The van der Waals surface area contributed by atoms with Gasteiger partial charge in [0.2, 0.25) is 17.7 Å². The molecule has 8 heteroatoms. The van der Waals surface area contributed by atoms with Crippen molar-refractivity contribution < 1.29 is 14.4 Å². The molecule has 35 heavy (non-hydrogen) atoms. The molecule has 0 aliphatic carbocycles. The van der Waals surface area contributed by atoms with Crippen molar-refractivity contribution in [3.8, 4) is 0 Å². The molecule has 0 aromatic heterocycles. The van der Waals surface area contributed by atoms with Crippen LogP contribution in [-0.2, 0) is 14.4 Å². The second-order valence-electron chi connectivity index (χ2n) is 8.79. The molecule has 3 aliphatic rings. The van der Waals surface area contributed by atoms with Gasteiger partial charge in [-0.3, -0.25) is 14.4 Å². The Morgan fingerprint density at radius 1 is 0.829 bits per heavy atom. The first-order valence-electron chi connectivity index (χ1n) is 11.2. The number of nitrogens with one attached hydrogen (secondary N) is 1. The highest BCUT2D eigenvalue weighted by Crippen LogP contribution is 2.53. The van der Waals surface area contributed by atoms with Crippen LogP contribution in [0.25, 0.3) is 6.08 Å². The van der Waals surface area contributed by atoms with E-state index in [1.807, 2.05) is 41.4 Å². The number of carbonyl (C=O) groups excluding carboxylic acids is 3. The fraction of sp³-hybridized carbons (Fsp3) is 0.148. The molecule has 4 atom stereocenters. The van der Waals surface area contributed by atoms with Crippen LogP contribution in [0, 0.1) is 11.8 Å². The van der Waals surface area contributed by atoms with E-state index in [9.17, 15) is 14.4 Å². The summed E-state index contributed by atoms with van der Waals surface area (Å²) in [5.74, 6) is -2.74. The largest absolute Gasteiger partial charge is 0.357 e. The first-order chi connectivity index (χ1) is 17.0. The topological polar surface area (TPSA) is 69.7 Å². The standard InChI is InChI=1S/C27H19Cl2N3O3/c28-16-9-11-17(12-10-16)30-25(33)24-22-21(23-18-6-2-1-5-15(18)13-14-31(23)24)26(34)32(27(22)35)20-8-4-3-7-19(20)29/h1-14,21-24H,(H,30,33)/t21-,22-,23+,24+/m0/s1. The van der Waals surface area contributed by atoms with Crippen LogP contribution >= 0.6 is 23.2 Å². The van der Waals surface area contributed by atoms with E-state index < -0.39 is 29.8 Å². The van der Waals surface area contributed by atoms with Crippen molar-refractivity contribution in [3.63, 3.8) is 0 Å². The third-order valence-corrected chi connectivity index (χ3v) is 7.51. The lowest BCUT2D eigenvalue weighted by atomic mass is 9.84. The van der Waals surface area contributed by atoms with Crippen molar-refractivity contribution in [3.05, 3.63) is 100 Å². The smallest absolute Gasteiger partial charge is 0.247 e. The van der Waals surface area contributed by atoms with Crippen molar-refractivity contribution in [2.75, 3.05) is 10.2 Å². The molecule has 2 saturated heterocycles. The Bertz CT molecular complexity index is 1400. The highest BCUT2D eigenvalue weighted by molar-refractivity contribution is 6.36. The summed E-state index contributed by atoms with van der Waals surface area (Å²) < 4.78 is 0. The second-order valence-corrected chi connectivity index (χ2v) is 9.64. The Balaban J connectivity index is 1.45. The SMILES string of the molecule is O=C(Nc1ccc(Cl)cc1)[C@H]1[C@H]2C(=O)N(c3ccccc3Cl)C(=O)[C@@H]2[C@H]2c3ccccc3C=CN21. The lowest BCUT2D eigenvalue weighted by Gasteiger charge is -2.35. The summed E-state index contributed by atoms with van der Waals surface area (Å²) in [7, 11) is 0. The summed E-state index contributed by atoms with van der Waals surface area (Å²) in [5.41, 5.74) is 2.76. The van der Waals surface area contributed by atoms with Crippen LogP contribution in [-0.4, -0.2) is 28.7 Å². The number of fused-ring (bicyclic) bond motifs is 5. The van der Waals surface area contributed by atoms with Gasteiger partial charge in [-0.05, 0) is 53.6 Å². The Morgan fingerprint density at radius 2 is 1.51 bits per heavy atom. The summed E-state index contributed by atoms with van der Waals surface area (Å²) in [5, 5.41) is 3.75. The minimum Gasteiger partial charge on any atom is -0.357 e. The zero-order valence-corrected chi connectivity index (χ0v) is 19.8. The van der Waals surface area contributed by atoms with E-state index in [2.05, 4.69) is 5.32 Å². The zero-order chi connectivity index (χ0) is 24.3. The molecule has 1 N–H and O–H groups in total. The van der Waals surface area contributed by atoms with E-state index in [1.54, 1.807) is 48.5 Å². The predicted molar refractivity (Wildman–Crippen MR) is 135 cm³/mol. The molecule has 3 aromatic carbocycles. The molecule has 0 unspecified atom stereocenters. The van der Waals surface area contributed by atoms with Gasteiger partial charge < -0.3 is 10.2 Å². The molecule has 0 radical (unpaired) electrons. The number of rotatable bonds is 3. The molecular formula is C27H19Cl2N3O3. The number of nitrogens with zero attached hydrogens (tertiary/aromatic N) is 2. The molecular weight excluding hydrogens is 485 g/mol. The summed E-state index contributed by atoms with van der Waals surface area (Å²) in [6, 6.07) is 19.9. The number of hydrogen-bond donors (Lipinski definition) is 1. The van der Waals surface area contributed by atoms with Gasteiger partial charge in [0, 0.05) is 16.9 Å². The molecule has 0 saturated carbocycles. The van der Waals surface area contributed by atoms with E-state index in [-0.39, 0.29) is 11.8 Å². The van der Waals surface area contributed by atoms with Gasteiger partial charge in [0.1, 0.15) is 6.04 Å². The molecule has 3 heterocycles. The van der Waals surface area contributed by atoms with E-state index in [0.717, 1.165) is 16.0 Å². The van der Waals surface area contributed by atoms with Crippen LogP contribution in [0.3, 0.4) is 0 Å². The summed E-state index contributed by atoms with van der Waals surface area (Å²) in [6.07, 6.45) is 3.73. The minimum absolute atomic E-state index is 0.303. The van der Waals surface area contributed by atoms with E-state index in [0.29, 0.717) is 21.4 Å². The van der Waals surface area contributed by atoms with Gasteiger partial charge in [-0.15, -0.1) is 0 Å². The number of amides is 3. The van der Waals surface area contributed by atoms with Gasteiger partial charge in [0.15, 0.2) is 0 Å². The van der Waals surface area contributed by atoms with E-state index in [1.165, 1.54) is 0 Å². The van der Waals surface area contributed by atoms with E-state index in [4.69, 9.17) is 23.2 Å². The van der Waals surface area contributed by atoms with Crippen LogP contribution in [0.4, 0.5) is 11.4 Å². The molecule has 0 bridgehead atoms. The number of carbonyl (C=O) groups is 3. The van der Waals surface area contributed by atoms with Gasteiger partial charge in [0.05, 0.1) is 28.6 Å². The molecule has 3 amide bonds. The maximum absolute atomic E-state index is 13.8. The van der Waals surface area contributed by atoms with Crippen LogP contribution < -0.4 is 10.2 Å². The molecule has 6 nitrogen and oxygen atoms in total. The molecule has 174 valence electrons. The average molecular weight is 504 g/mol. The van der Waals surface area contributed by atoms with Gasteiger partial charge >= 0.3 is 0 Å². The third-order valence-electron chi connectivity index (χ3n) is 6.94.